The van der Waals surface area contributed by atoms with Crippen LogP contribution in [0, 0.1) is 0 Å². The van der Waals surface area contributed by atoms with Gasteiger partial charge in [-0.2, -0.15) is 0 Å². The molecule has 0 aliphatic carbocycles. The molecule has 2 aromatic rings. The lowest BCUT2D eigenvalue weighted by atomic mass is 10.1. The van der Waals surface area contributed by atoms with E-state index in [9.17, 15) is 0 Å². The van der Waals surface area contributed by atoms with Crippen molar-refractivity contribution in [1.29, 1.82) is 0 Å². The molecule has 0 aliphatic heterocycles. The van der Waals surface area contributed by atoms with Crippen LogP contribution in [0.25, 0.3) is 11.1 Å². The second kappa shape index (κ2) is 6.81. The van der Waals surface area contributed by atoms with E-state index in [1.807, 2.05) is 38.2 Å². The normalized spacial score (nSPS) is 9.50. The zero-order chi connectivity index (χ0) is 11.8. The van der Waals surface area contributed by atoms with Crippen molar-refractivity contribution in [1.82, 2.24) is 4.90 Å². The van der Waals surface area contributed by atoms with Crippen LogP contribution in [-0.2, 0) is 0 Å². The van der Waals surface area contributed by atoms with Gasteiger partial charge >= 0.3 is 0 Å². The Balaban J connectivity index is 0.000000280. The van der Waals surface area contributed by atoms with E-state index in [1.54, 1.807) is 0 Å². The molecule has 84 valence electrons. The minimum absolute atomic E-state index is 1.28. The SMILES string of the molecule is CN(C)C.c1ccc(-c2ccccc2)cc1. The fraction of sp³-hybridized carbons (Fsp3) is 0.200. The van der Waals surface area contributed by atoms with Gasteiger partial charge in [-0.15, -0.1) is 0 Å². The Labute approximate surface area is 98.3 Å². The summed E-state index contributed by atoms with van der Waals surface area (Å²) in [5, 5.41) is 0. The lowest BCUT2D eigenvalue weighted by Crippen LogP contribution is -1.99. The van der Waals surface area contributed by atoms with Crippen LogP contribution < -0.4 is 0 Å². The fourth-order valence-corrected chi connectivity index (χ4v) is 1.26. The molecule has 0 saturated carbocycles. The minimum Gasteiger partial charge on any atom is -0.312 e. The first kappa shape index (κ1) is 12.5. The van der Waals surface area contributed by atoms with E-state index in [-0.39, 0.29) is 0 Å². The first-order valence-corrected chi connectivity index (χ1v) is 5.41. The Morgan fingerprint density at radius 3 is 1.06 bits per heavy atom. The number of rotatable bonds is 1. The predicted octanol–water partition coefficient (Wildman–Crippen LogP) is 3.53. The summed E-state index contributed by atoms with van der Waals surface area (Å²) in [5.41, 5.74) is 2.55. The molecule has 0 amide bonds. The van der Waals surface area contributed by atoms with Gasteiger partial charge < -0.3 is 4.90 Å². The number of hydrogen-bond donors (Lipinski definition) is 0. The molecule has 1 nitrogen and oxygen atoms in total. The van der Waals surface area contributed by atoms with Crippen LogP contribution in [0.15, 0.2) is 60.7 Å². The highest BCUT2D eigenvalue weighted by molar-refractivity contribution is 5.62. The van der Waals surface area contributed by atoms with Crippen LogP contribution in [0.4, 0.5) is 0 Å². The quantitative estimate of drug-likeness (QED) is 0.700. The van der Waals surface area contributed by atoms with Crippen molar-refractivity contribution < 1.29 is 0 Å². The lowest BCUT2D eigenvalue weighted by Gasteiger charge is -1.98. The van der Waals surface area contributed by atoms with E-state index in [1.165, 1.54) is 11.1 Å². The topological polar surface area (TPSA) is 3.24 Å². The van der Waals surface area contributed by atoms with Crippen molar-refractivity contribution in [3.63, 3.8) is 0 Å². The summed E-state index contributed by atoms with van der Waals surface area (Å²) < 4.78 is 0. The number of hydrogen-bond acceptors (Lipinski definition) is 1. The monoisotopic (exact) mass is 213 g/mol. The first-order valence-electron chi connectivity index (χ1n) is 5.41. The fourth-order valence-electron chi connectivity index (χ4n) is 1.26. The molecule has 0 unspecified atom stereocenters. The van der Waals surface area contributed by atoms with E-state index in [0.29, 0.717) is 0 Å². The molecule has 0 fully saturated rings. The third-order valence-corrected chi connectivity index (χ3v) is 1.88. The summed E-state index contributed by atoms with van der Waals surface area (Å²) in [6, 6.07) is 20.8. The third kappa shape index (κ3) is 4.76. The Morgan fingerprint density at radius 2 is 0.812 bits per heavy atom. The summed E-state index contributed by atoms with van der Waals surface area (Å²) in [5.74, 6) is 0. The van der Waals surface area contributed by atoms with Gasteiger partial charge in [-0.25, -0.2) is 0 Å². The Hall–Kier alpha value is -1.60. The smallest absolute Gasteiger partial charge is 0.0140 e. The van der Waals surface area contributed by atoms with E-state index in [4.69, 9.17) is 0 Å². The minimum atomic E-state index is 1.28. The lowest BCUT2D eigenvalue weighted by molar-refractivity contribution is 0.505. The maximum Gasteiger partial charge on any atom is -0.0140 e. The largest absolute Gasteiger partial charge is 0.312 e. The summed E-state index contributed by atoms with van der Waals surface area (Å²) in [7, 11) is 6.00. The van der Waals surface area contributed by atoms with E-state index < -0.39 is 0 Å². The second-order valence-electron chi connectivity index (χ2n) is 4.07. The molecule has 2 rings (SSSR count). The summed E-state index contributed by atoms with van der Waals surface area (Å²) in [6.45, 7) is 0. The van der Waals surface area contributed by atoms with Gasteiger partial charge in [-0.05, 0) is 32.3 Å². The van der Waals surface area contributed by atoms with Crippen molar-refractivity contribution in [2.75, 3.05) is 21.1 Å². The molecular weight excluding hydrogens is 194 g/mol. The van der Waals surface area contributed by atoms with E-state index in [2.05, 4.69) is 48.5 Å². The molecule has 0 atom stereocenters. The molecule has 0 bridgehead atoms. The highest BCUT2D eigenvalue weighted by Gasteiger charge is 1.91. The maximum atomic E-state index is 2.12. The molecule has 0 N–H and O–H groups in total. The van der Waals surface area contributed by atoms with Crippen LogP contribution in [0.2, 0.25) is 0 Å². The predicted molar refractivity (Wildman–Crippen MR) is 71.5 cm³/mol. The molecule has 0 saturated heterocycles. The molecule has 1 heteroatoms. The van der Waals surface area contributed by atoms with Gasteiger partial charge in [0.15, 0.2) is 0 Å². The zero-order valence-electron chi connectivity index (χ0n) is 10.2. The molecule has 16 heavy (non-hydrogen) atoms. The molecule has 0 heterocycles. The average Bonchev–Trinajstić information content (AvgIpc) is 2.31. The Bertz CT molecular complexity index is 338. The first-order chi connectivity index (χ1) is 7.70. The van der Waals surface area contributed by atoms with E-state index in [0.717, 1.165) is 0 Å². The van der Waals surface area contributed by atoms with Gasteiger partial charge in [-0.1, -0.05) is 60.7 Å². The highest BCUT2D eigenvalue weighted by atomic mass is 15.0. The van der Waals surface area contributed by atoms with Crippen LogP contribution >= 0.6 is 0 Å². The second-order valence-corrected chi connectivity index (χ2v) is 4.07. The van der Waals surface area contributed by atoms with Crippen LogP contribution in [0.3, 0.4) is 0 Å². The van der Waals surface area contributed by atoms with Gasteiger partial charge in [-0.3, -0.25) is 0 Å². The van der Waals surface area contributed by atoms with Gasteiger partial charge in [0.05, 0.1) is 0 Å². The molecule has 0 radical (unpaired) electrons. The molecule has 2 aromatic carbocycles. The Morgan fingerprint density at radius 1 is 0.562 bits per heavy atom. The van der Waals surface area contributed by atoms with Gasteiger partial charge in [0.25, 0.3) is 0 Å². The van der Waals surface area contributed by atoms with Crippen molar-refractivity contribution in [2.45, 2.75) is 0 Å². The summed E-state index contributed by atoms with van der Waals surface area (Å²) in [6.07, 6.45) is 0. The molecule has 0 spiro atoms. The van der Waals surface area contributed by atoms with Crippen molar-refractivity contribution in [2.24, 2.45) is 0 Å². The van der Waals surface area contributed by atoms with Crippen molar-refractivity contribution in [3.8, 4) is 11.1 Å². The van der Waals surface area contributed by atoms with Gasteiger partial charge in [0.2, 0.25) is 0 Å². The summed E-state index contributed by atoms with van der Waals surface area (Å²) in [4.78, 5) is 2.00. The average molecular weight is 213 g/mol. The van der Waals surface area contributed by atoms with E-state index >= 15 is 0 Å². The standard InChI is InChI=1S/C12H10.C3H9N/c1-3-7-11(8-4-1)12-9-5-2-6-10-12;1-4(2)3/h1-10H;1-3H3. The van der Waals surface area contributed by atoms with Crippen molar-refractivity contribution >= 4 is 0 Å². The van der Waals surface area contributed by atoms with Crippen LogP contribution in [0.5, 0.6) is 0 Å². The van der Waals surface area contributed by atoms with Gasteiger partial charge in [0, 0.05) is 0 Å². The zero-order valence-corrected chi connectivity index (χ0v) is 10.2. The van der Waals surface area contributed by atoms with Crippen molar-refractivity contribution in [3.05, 3.63) is 60.7 Å². The number of benzene rings is 2. The van der Waals surface area contributed by atoms with Crippen LogP contribution in [0.1, 0.15) is 0 Å². The molecular formula is C15H19N. The van der Waals surface area contributed by atoms with Gasteiger partial charge in [0.1, 0.15) is 0 Å². The number of nitrogens with zero attached hydrogens (tertiary/aromatic N) is 1. The third-order valence-electron chi connectivity index (χ3n) is 1.88. The molecule has 0 aliphatic rings. The maximum absolute atomic E-state index is 2.12. The molecule has 0 aromatic heterocycles. The van der Waals surface area contributed by atoms with Crippen LogP contribution in [-0.4, -0.2) is 26.0 Å². The highest BCUT2D eigenvalue weighted by Crippen LogP contribution is 2.17. The Kier molecular flexibility index (Phi) is 5.30. The summed E-state index contributed by atoms with van der Waals surface area (Å²) >= 11 is 0.